The summed E-state index contributed by atoms with van der Waals surface area (Å²) in [5, 5.41) is 3.42. The normalized spacial score (nSPS) is 21.4. The van der Waals surface area contributed by atoms with E-state index in [1.165, 1.54) is 12.5 Å². The Morgan fingerprint density at radius 1 is 1.25 bits per heavy atom. The van der Waals surface area contributed by atoms with Gasteiger partial charge in [-0.15, -0.1) is 0 Å². The summed E-state index contributed by atoms with van der Waals surface area (Å²) in [6.45, 7) is 3.81. The van der Waals surface area contributed by atoms with Crippen LogP contribution in [0.1, 0.15) is 24.8 Å². The smallest absolute Gasteiger partial charge is 0.227 e. The zero-order valence-electron chi connectivity index (χ0n) is 11.7. The topological polar surface area (TPSA) is 32.3 Å². The molecule has 0 atom stereocenters. The number of nitrogens with zero attached hydrogens (tertiary/aromatic N) is 1. The van der Waals surface area contributed by atoms with E-state index in [-0.39, 0.29) is 18.1 Å². The number of benzene rings is 1. The number of carbonyl (C=O) groups is 1. The lowest BCUT2D eigenvalue weighted by atomic mass is 9.78. The van der Waals surface area contributed by atoms with E-state index in [9.17, 15) is 9.18 Å². The molecular weight excluding hydrogens is 255 g/mol. The molecule has 1 amide bonds. The molecule has 0 aliphatic carbocycles. The van der Waals surface area contributed by atoms with Crippen molar-refractivity contribution >= 4 is 5.91 Å². The molecule has 108 valence electrons. The summed E-state index contributed by atoms with van der Waals surface area (Å²) >= 11 is 0. The van der Waals surface area contributed by atoms with E-state index in [0.717, 1.165) is 39.0 Å². The van der Waals surface area contributed by atoms with Gasteiger partial charge < -0.3 is 10.2 Å². The first-order valence-electron chi connectivity index (χ1n) is 7.40. The van der Waals surface area contributed by atoms with Gasteiger partial charge in [-0.05, 0) is 42.9 Å². The van der Waals surface area contributed by atoms with Gasteiger partial charge in [-0.2, -0.15) is 0 Å². The maximum absolute atomic E-state index is 13.6. The zero-order chi connectivity index (χ0) is 14.0. The molecule has 2 fully saturated rings. The van der Waals surface area contributed by atoms with Crippen LogP contribution >= 0.6 is 0 Å². The van der Waals surface area contributed by atoms with Crippen molar-refractivity contribution < 1.29 is 9.18 Å². The summed E-state index contributed by atoms with van der Waals surface area (Å²) in [5.41, 5.74) is 0.912. The van der Waals surface area contributed by atoms with E-state index in [2.05, 4.69) is 5.32 Å². The first-order valence-corrected chi connectivity index (χ1v) is 7.40. The van der Waals surface area contributed by atoms with Crippen molar-refractivity contribution in [3.05, 3.63) is 35.6 Å². The summed E-state index contributed by atoms with van der Waals surface area (Å²) in [6, 6.07) is 6.54. The molecule has 1 aromatic rings. The number of likely N-dealkylation sites (tertiary alicyclic amines) is 1. The maximum atomic E-state index is 13.6. The number of nitrogens with one attached hydrogen (secondary N) is 1. The number of carbonyl (C=O) groups excluding carboxylic acids is 1. The van der Waals surface area contributed by atoms with Crippen LogP contribution in [0.2, 0.25) is 0 Å². The van der Waals surface area contributed by atoms with E-state index in [1.54, 1.807) is 18.2 Å². The highest BCUT2D eigenvalue weighted by molar-refractivity contribution is 5.78. The van der Waals surface area contributed by atoms with E-state index in [0.29, 0.717) is 11.0 Å². The Bertz CT molecular complexity index is 487. The van der Waals surface area contributed by atoms with Crippen LogP contribution in [-0.2, 0) is 11.2 Å². The average Bonchev–Trinajstić information content (AvgIpc) is 2.90. The van der Waals surface area contributed by atoms with Crippen LogP contribution in [0, 0.1) is 11.2 Å². The van der Waals surface area contributed by atoms with E-state index < -0.39 is 0 Å². The summed E-state index contributed by atoms with van der Waals surface area (Å²) in [5.74, 6) is -0.231. The van der Waals surface area contributed by atoms with Gasteiger partial charge in [-0.3, -0.25) is 4.79 Å². The van der Waals surface area contributed by atoms with Crippen LogP contribution in [0.5, 0.6) is 0 Å². The van der Waals surface area contributed by atoms with Crippen LogP contribution in [0.25, 0.3) is 0 Å². The Balaban J connectivity index is 1.58. The predicted octanol–water partition coefficient (Wildman–Crippen LogP) is 1.97. The number of halogens is 1. The van der Waals surface area contributed by atoms with Gasteiger partial charge in [0.1, 0.15) is 5.82 Å². The minimum absolute atomic E-state index is 0.0518. The fourth-order valence-electron chi connectivity index (χ4n) is 3.37. The molecule has 0 bridgehead atoms. The van der Waals surface area contributed by atoms with E-state index in [4.69, 9.17) is 0 Å². The van der Waals surface area contributed by atoms with Gasteiger partial charge >= 0.3 is 0 Å². The second-order valence-corrected chi connectivity index (χ2v) is 6.08. The van der Waals surface area contributed by atoms with Crippen molar-refractivity contribution in [3.63, 3.8) is 0 Å². The Kier molecular flexibility index (Phi) is 3.74. The number of hydrogen-bond acceptors (Lipinski definition) is 2. The summed E-state index contributed by atoms with van der Waals surface area (Å²) in [6.07, 6.45) is 3.55. The van der Waals surface area contributed by atoms with Gasteiger partial charge in [0, 0.05) is 19.6 Å². The number of hydrogen-bond donors (Lipinski definition) is 1. The predicted molar refractivity (Wildman–Crippen MR) is 75.8 cm³/mol. The lowest BCUT2D eigenvalue weighted by Crippen LogP contribution is -2.44. The van der Waals surface area contributed by atoms with Gasteiger partial charge in [0.25, 0.3) is 0 Å². The number of amides is 1. The molecule has 3 rings (SSSR count). The molecule has 1 N–H and O–H groups in total. The Morgan fingerprint density at radius 2 is 2.00 bits per heavy atom. The van der Waals surface area contributed by atoms with Gasteiger partial charge in [0.15, 0.2) is 0 Å². The van der Waals surface area contributed by atoms with Gasteiger partial charge in [-0.25, -0.2) is 4.39 Å². The SMILES string of the molecule is O=C(Cc1ccccc1F)N1CCC2(CCNC2)CC1. The van der Waals surface area contributed by atoms with Gasteiger partial charge in [0.2, 0.25) is 5.91 Å². The van der Waals surface area contributed by atoms with Crippen LogP contribution < -0.4 is 5.32 Å². The lowest BCUT2D eigenvalue weighted by molar-refractivity contribution is -0.132. The van der Waals surface area contributed by atoms with Crippen molar-refractivity contribution in [1.82, 2.24) is 10.2 Å². The highest BCUT2D eigenvalue weighted by Crippen LogP contribution is 2.36. The van der Waals surface area contributed by atoms with E-state index in [1.807, 2.05) is 4.90 Å². The van der Waals surface area contributed by atoms with Gasteiger partial charge in [-0.1, -0.05) is 18.2 Å². The van der Waals surface area contributed by atoms with Crippen molar-refractivity contribution in [2.24, 2.45) is 5.41 Å². The fraction of sp³-hybridized carbons (Fsp3) is 0.562. The molecule has 0 aromatic heterocycles. The third-order valence-corrected chi connectivity index (χ3v) is 4.81. The van der Waals surface area contributed by atoms with Gasteiger partial charge in [0.05, 0.1) is 6.42 Å². The molecule has 2 aliphatic heterocycles. The first-order chi connectivity index (χ1) is 9.69. The molecule has 2 saturated heterocycles. The lowest BCUT2D eigenvalue weighted by Gasteiger charge is -2.39. The molecule has 1 spiro atoms. The fourth-order valence-corrected chi connectivity index (χ4v) is 3.37. The highest BCUT2D eigenvalue weighted by Gasteiger charge is 2.37. The molecule has 4 heteroatoms. The number of piperidine rings is 1. The van der Waals surface area contributed by atoms with Crippen LogP contribution in [0.15, 0.2) is 24.3 Å². The second-order valence-electron chi connectivity index (χ2n) is 6.08. The minimum atomic E-state index is -0.283. The third kappa shape index (κ3) is 2.70. The first kappa shape index (κ1) is 13.6. The monoisotopic (exact) mass is 276 g/mol. The largest absolute Gasteiger partial charge is 0.342 e. The summed E-state index contributed by atoms with van der Waals surface area (Å²) in [4.78, 5) is 14.2. The molecule has 20 heavy (non-hydrogen) atoms. The number of rotatable bonds is 2. The minimum Gasteiger partial charge on any atom is -0.342 e. The molecule has 0 unspecified atom stereocenters. The average molecular weight is 276 g/mol. The van der Waals surface area contributed by atoms with Crippen molar-refractivity contribution in [2.75, 3.05) is 26.2 Å². The van der Waals surface area contributed by atoms with Crippen LogP contribution in [0.3, 0.4) is 0 Å². The molecule has 0 radical (unpaired) electrons. The van der Waals surface area contributed by atoms with Crippen LogP contribution in [-0.4, -0.2) is 37.0 Å². The zero-order valence-corrected chi connectivity index (χ0v) is 11.7. The molecule has 2 heterocycles. The van der Waals surface area contributed by atoms with Crippen LogP contribution in [0.4, 0.5) is 4.39 Å². The quantitative estimate of drug-likeness (QED) is 0.895. The van der Waals surface area contributed by atoms with Crippen molar-refractivity contribution in [1.29, 1.82) is 0 Å². The van der Waals surface area contributed by atoms with Crippen molar-refractivity contribution in [2.45, 2.75) is 25.7 Å². The standard InChI is InChI=1S/C16H21FN2O/c17-14-4-2-1-3-13(14)11-15(20)19-9-6-16(7-10-19)5-8-18-12-16/h1-4,18H,5-12H2. The molecular formula is C16H21FN2O. The molecule has 0 saturated carbocycles. The Labute approximate surface area is 119 Å². The molecule has 1 aromatic carbocycles. The second kappa shape index (κ2) is 5.52. The summed E-state index contributed by atoms with van der Waals surface area (Å²) in [7, 11) is 0. The molecule has 2 aliphatic rings. The Morgan fingerprint density at radius 3 is 2.65 bits per heavy atom. The Hall–Kier alpha value is -1.42. The third-order valence-electron chi connectivity index (χ3n) is 4.81. The highest BCUT2D eigenvalue weighted by atomic mass is 19.1. The summed E-state index contributed by atoms with van der Waals surface area (Å²) < 4.78 is 13.6. The molecule has 3 nitrogen and oxygen atoms in total. The van der Waals surface area contributed by atoms with E-state index >= 15 is 0 Å². The maximum Gasteiger partial charge on any atom is 0.227 e. The van der Waals surface area contributed by atoms with Crippen molar-refractivity contribution in [3.8, 4) is 0 Å².